The molecule has 0 spiro atoms. The summed E-state index contributed by atoms with van der Waals surface area (Å²) in [4.78, 5) is 20.4. The molecule has 2 N–H and O–H groups in total. The van der Waals surface area contributed by atoms with E-state index in [0.717, 1.165) is 6.08 Å². The summed E-state index contributed by atoms with van der Waals surface area (Å²) in [6.45, 7) is 3.17. The number of carboxylic acid groups (broad SMARTS) is 1. The van der Waals surface area contributed by atoms with Gasteiger partial charge in [0.1, 0.15) is 11.4 Å². The number of aromatic nitrogens is 2. The van der Waals surface area contributed by atoms with Gasteiger partial charge in [0.25, 0.3) is 0 Å². The first kappa shape index (κ1) is 16.7. The molecule has 0 aliphatic heterocycles. The third-order valence-corrected chi connectivity index (χ3v) is 2.37. The van der Waals surface area contributed by atoms with Gasteiger partial charge in [-0.1, -0.05) is 13.0 Å². The molecule has 1 aromatic rings. The van der Waals surface area contributed by atoms with E-state index in [1.165, 1.54) is 13.1 Å². The molecule has 0 unspecified atom stereocenters. The topological polar surface area (TPSA) is 78.3 Å². The Balaban J connectivity index is 3.22. The molecule has 1 rings (SSSR count). The lowest BCUT2D eigenvalue weighted by atomic mass is 10.2. The van der Waals surface area contributed by atoms with Gasteiger partial charge in [-0.2, -0.15) is 13.2 Å². The molecule has 0 aromatic carbocycles. The van der Waals surface area contributed by atoms with Crippen molar-refractivity contribution in [3.8, 4) is 0 Å². The van der Waals surface area contributed by atoms with Gasteiger partial charge in [0, 0.05) is 11.8 Å². The maximum atomic E-state index is 12.5. The highest BCUT2D eigenvalue weighted by Gasteiger charge is 2.33. The van der Waals surface area contributed by atoms with Crippen molar-refractivity contribution in [1.29, 1.82) is 0 Å². The Morgan fingerprint density at radius 3 is 2.67 bits per heavy atom. The maximum Gasteiger partial charge on any atom is 0.432 e. The molecule has 1 aromatic heterocycles. The first-order chi connectivity index (χ1) is 9.75. The second-order valence-electron chi connectivity index (χ2n) is 4.08. The van der Waals surface area contributed by atoms with Crippen molar-refractivity contribution in [2.45, 2.75) is 26.4 Å². The Hall–Kier alpha value is -2.38. The molecule has 5 nitrogen and oxygen atoms in total. The number of nitrogens with one attached hydrogen (secondary N) is 1. The lowest BCUT2D eigenvalue weighted by molar-refractivity contribution is -0.141. The first-order valence-corrected chi connectivity index (χ1v) is 6.02. The lowest BCUT2D eigenvalue weighted by Gasteiger charge is -2.01. The average molecular weight is 301 g/mol. The molecule has 21 heavy (non-hydrogen) atoms. The number of aromatic amines is 1. The Kier molecular flexibility index (Phi) is 5.45. The molecule has 0 bridgehead atoms. The van der Waals surface area contributed by atoms with Crippen LogP contribution in [0.1, 0.15) is 31.8 Å². The summed E-state index contributed by atoms with van der Waals surface area (Å²) in [5.41, 5.74) is -1.08. The van der Waals surface area contributed by atoms with Gasteiger partial charge in [-0.25, -0.2) is 9.78 Å². The van der Waals surface area contributed by atoms with E-state index in [2.05, 4.69) is 15.0 Å². The molecule has 0 saturated carbocycles. The largest absolute Gasteiger partial charge is 0.478 e. The van der Waals surface area contributed by atoms with Gasteiger partial charge in [0.2, 0.25) is 0 Å². The van der Waals surface area contributed by atoms with Crippen LogP contribution in [-0.2, 0) is 11.0 Å². The number of H-pyrrole nitrogens is 1. The summed E-state index contributed by atoms with van der Waals surface area (Å²) in [7, 11) is 0. The number of hydrogen-bond donors (Lipinski definition) is 2. The Labute approximate surface area is 118 Å². The number of carboxylic acids is 1. The third-order valence-electron chi connectivity index (χ3n) is 2.37. The smallest absolute Gasteiger partial charge is 0.432 e. The second kappa shape index (κ2) is 6.87. The molecular weight excluding hydrogens is 287 g/mol. The van der Waals surface area contributed by atoms with E-state index in [-0.39, 0.29) is 17.1 Å². The molecule has 0 aliphatic carbocycles. The second-order valence-corrected chi connectivity index (χ2v) is 4.08. The van der Waals surface area contributed by atoms with Gasteiger partial charge in [-0.05, 0) is 19.4 Å². The Bertz CT molecular complexity index is 598. The van der Waals surface area contributed by atoms with E-state index in [4.69, 9.17) is 5.11 Å². The number of aliphatic carboxylic acids is 1. The van der Waals surface area contributed by atoms with Crippen LogP contribution < -0.4 is 0 Å². The summed E-state index contributed by atoms with van der Waals surface area (Å²) in [5, 5.41) is 8.83. The fourth-order valence-electron chi connectivity index (χ4n) is 1.27. The van der Waals surface area contributed by atoms with Crippen LogP contribution >= 0.6 is 0 Å². The summed E-state index contributed by atoms with van der Waals surface area (Å²) < 4.78 is 37.6. The van der Waals surface area contributed by atoms with Gasteiger partial charge in [-0.3, -0.25) is 4.99 Å². The molecule has 8 heteroatoms. The zero-order valence-electron chi connectivity index (χ0n) is 11.4. The van der Waals surface area contributed by atoms with Crippen LogP contribution in [0.15, 0.2) is 35.1 Å². The standard InChI is InChI=1S/C13H14F3N3O2/c1-3-4-5-17-9(6-8(2)12(20)21)11-18-7-10(19-11)13(14,15)16/h4-7H,3H2,1-2H3,(H,18,19)(H,20,21)/b5-4+,8-6+,17-9-. The van der Waals surface area contributed by atoms with Crippen molar-refractivity contribution >= 4 is 11.7 Å². The number of rotatable bonds is 5. The van der Waals surface area contributed by atoms with Crippen molar-refractivity contribution in [1.82, 2.24) is 9.97 Å². The van der Waals surface area contributed by atoms with E-state index in [9.17, 15) is 18.0 Å². The molecule has 0 amide bonds. The number of hydrogen-bond acceptors (Lipinski definition) is 3. The van der Waals surface area contributed by atoms with Crippen LogP contribution in [0.5, 0.6) is 0 Å². The highest BCUT2D eigenvalue weighted by Crippen LogP contribution is 2.27. The van der Waals surface area contributed by atoms with Crippen molar-refractivity contribution in [3.63, 3.8) is 0 Å². The van der Waals surface area contributed by atoms with E-state index < -0.39 is 17.8 Å². The van der Waals surface area contributed by atoms with E-state index in [1.54, 1.807) is 6.08 Å². The normalized spacial score (nSPS) is 14.0. The van der Waals surface area contributed by atoms with Crippen molar-refractivity contribution < 1.29 is 23.1 Å². The summed E-state index contributed by atoms with van der Waals surface area (Å²) in [6, 6.07) is 0. The zero-order valence-corrected chi connectivity index (χ0v) is 11.4. The van der Waals surface area contributed by atoms with Crippen LogP contribution in [-0.4, -0.2) is 26.8 Å². The number of aliphatic imine (C=N–C) groups is 1. The van der Waals surface area contributed by atoms with Crippen LogP contribution in [0.3, 0.4) is 0 Å². The average Bonchev–Trinajstić information content (AvgIpc) is 2.86. The minimum Gasteiger partial charge on any atom is -0.478 e. The minimum absolute atomic E-state index is 0.00935. The lowest BCUT2D eigenvalue weighted by Crippen LogP contribution is -2.08. The van der Waals surface area contributed by atoms with Gasteiger partial charge in [-0.15, -0.1) is 0 Å². The third kappa shape index (κ3) is 4.90. The molecule has 1 heterocycles. The fraction of sp³-hybridized carbons (Fsp3) is 0.308. The number of allylic oxidation sites excluding steroid dienone is 2. The Morgan fingerprint density at radius 1 is 1.52 bits per heavy atom. The highest BCUT2D eigenvalue weighted by molar-refractivity contribution is 6.09. The van der Waals surface area contributed by atoms with Gasteiger partial charge >= 0.3 is 12.1 Å². The highest BCUT2D eigenvalue weighted by atomic mass is 19.4. The number of imidazole rings is 1. The summed E-state index contributed by atoms with van der Waals surface area (Å²) in [6.07, 6.45) is 0.986. The van der Waals surface area contributed by atoms with Crippen molar-refractivity contribution in [3.05, 3.63) is 41.6 Å². The molecule has 0 saturated heterocycles. The van der Waals surface area contributed by atoms with E-state index in [0.29, 0.717) is 12.6 Å². The maximum absolute atomic E-state index is 12.5. The number of alkyl halides is 3. The number of carbonyl (C=O) groups is 1. The monoisotopic (exact) mass is 301 g/mol. The number of halogens is 3. The molecular formula is C13H14F3N3O2. The van der Waals surface area contributed by atoms with E-state index >= 15 is 0 Å². The van der Waals surface area contributed by atoms with Crippen LogP contribution in [0.25, 0.3) is 0 Å². The van der Waals surface area contributed by atoms with Gasteiger partial charge < -0.3 is 10.1 Å². The molecule has 0 radical (unpaired) electrons. The van der Waals surface area contributed by atoms with E-state index in [1.807, 2.05) is 6.92 Å². The van der Waals surface area contributed by atoms with Gasteiger partial charge in [0.05, 0.1) is 6.20 Å². The number of nitrogens with zero attached hydrogens (tertiary/aromatic N) is 2. The first-order valence-electron chi connectivity index (χ1n) is 6.02. The minimum atomic E-state index is -4.55. The van der Waals surface area contributed by atoms with Crippen LogP contribution in [0.2, 0.25) is 0 Å². The van der Waals surface area contributed by atoms with Crippen LogP contribution in [0.4, 0.5) is 13.2 Å². The molecule has 0 aliphatic rings. The predicted octanol–water partition coefficient (Wildman–Crippen LogP) is 3.17. The van der Waals surface area contributed by atoms with Crippen molar-refractivity contribution in [2.75, 3.05) is 0 Å². The molecule has 114 valence electrons. The SMILES string of the molecule is CC/C=C/N=C(/C=C(\C)C(=O)O)c1ncc(C(F)(F)F)[nH]1. The predicted molar refractivity (Wildman–Crippen MR) is 71.0 cm³/mol. The molecule has 0 atom stereocenters. The quantitative estimate of drug-likeness (QED) is 0.647. The summed E-state index contributed by atoms with van der Waals surface area (Å²) >= 11 is 0. The van der Waals surface area contributed by atoms with Gasteiger partial charge in [0.15, 0.2) is 5.82 Å². The van der Waals surface area contributed by atoms with Crippen molar-refractivity contribution in [2.24, 2.45) is 4.99 Å². The zero-order chi connectivity index (χ0) is 16.0. The fourth-order valence-corrected chi connectivity index (χ4v) is 1.27. The summed E-state index contributed by atoms with van der Waals surface area (Å²) in [5.74, 6) is -1.34. The molecule has 0 fully saturated rings. The Morgan fingerprint density at radius 2 is 2.19 bits per heavy atom. The van der Waals surface area contributed by atoms with Crippen LogP contribution in [0, 0.1) is 0 Å².